The molecule has 0 spiro atoms. The van der Waals surface area contributed by atoms with Crippen molar-refractivity contribution in [1.29, 1.82) is 0 Å². The van der Waals surface area contributed by atoms with Crippen LogP contribution in [0.25, 0.3) is 0 Å². The van der Waals surface area contributed by atoms with E-state index in [2.05, 4.69) is 5.32 Å². The van der Waals surface area contributed by atoms with Gasteiger partial charge in [0.05, 0.1) is 0 Å². The Bertz CT molecular complexity index is 490. The van der Waals surface area contributed by atoms with E-state index in [-0.39, 0.29) is 11.8 Å². The molecule has 0 aromatic heterocycles. The number of anilines is 1. The zero-order valence-electron chi connectivity index (χ0n) is 11.1. The van der Waals surface area contributed by atoms with Crippen LogP contribution in [0.2, 0.25) is 5.02 Å². The second-order valence-corrected chi connectivity index (χ2v) is 5.20. The summed E-state index contributed by atoms with van der Waals surface area (Å²) in [5.74, 6) is -0.194. The molecule has 1 aromatic rings. The molecule has 1 saturated heterocycles. The Balaban J connectivity index is 1.95. The summed E-state index contributed by atoms with van der Waals surface area (Å²) in [6.07, 6.45) is 1.62. The third-order valence-electron chi connectivity index (χ3n) is 3.29. The van der Waals surface area contributed by atoms with Gasteiger partial charge in [-0.05, 0) is 43.7 Å². The lowest BCUT2D eigenvalue weighted by Gasteiger charge is -2.17. The molecule has 1 aliphatic rings. The highest BCUT2D eigenvalue weighted by atomic mass is 35.5. The predicted octanol–water partition coefficient (Wildman–Crippen LogP) is 1.30. The van der Waals surface area contributed by atoms with Gasteiger partial charge in [-0.2, -0.15) is 0 Å². The number of rotatable bonds is 5. The van der Waals surface area contributed by atoms with Crippen LogP contribution in [-0.2, 0) is 9.59 Å². The Morgan fingerprint density at radius 2 is 2.10 bits per heavy atom. The zero-order chi connectivity index (χ0) is 14.5. The SMILES string of the molecule is NCCCC(=O)NC1CCN(c2ccc(Cl)cc2)C1=O. The Hall–Kier alpha value is -1.59. The van der Waals surface area contributed by atoms with Gasteiger partial charge < -0.3 is 16.0 Å². The van der Waals surface area contributed by atoms with Crippen molar-refractivity contribution in [3.8, 4) is 0 Å². The van der Waals surface area contributed by atoms with E-state index >= 15 is 0 Å². The van der Waals surface area contributed by atoms with Gasteiger partial charge in [0.15, 0.2) is 0 Å². The molecule has 108 valence electrons. The van der Waals surface area contributed by atoms with Crippen LogP contribution in [0, 0.1) is 0 Å². The zero-order valence-corrected chi connectivity index (χ0v) is 11.9. The van der Waals surface area contributed by atoms with Crippen molar-refractivity contribution >= 4 is 29.1 Å². The standard InChI is InChI=1S/C14H18ClN3O2/c15-10-3-5-11(6-4-10)18-9-7-12(14(18)20)17-13(19)2-1-8-16/h3-6,12H,1-2,7-9,16H2,(H,17,19). The monoisotopic (exact) mass is 295 g/mol. The average molecular weight is 296 g/mol. The van der Waals surface area contributed by atoms with E-state index in [1.54, 1.807) is 29.2 Å². The van der Waals surface area contributed by atoms with Gasteiger partial charge in [0.1, 0.15) is 6.04 Å². The second-order valence-electron chi connectivity index (χ2n) is 4.77. The highest BCUT2D eigenvalue weighted by Crippen LogP contribution is 2.23. The first-order valence-corrected chi connectivity index (χ1v) is 7.06. The first-order chi connectivity index (χ1) is 9.61. The van der Waals surface area contributed by atoms with Gasteiger partial charge in [-0.3, -0.25) is 9.59 Å². The number of amides is 2. The molecule has 1 unspecified atom stereocenters. The van der Waals surface area contributed by atoms with Crippen LogP contribution in [0.3, 0.4) is 0 Å². The molecule has 2 amide bonds. The van der Waals surface area contributed by atoms with Crippen LogP contribution in [0.15, 0.2) is 24.3 Å². The first-order valence-electron chi connectivity index (χ1n) is 6.68. The maximum atomic E-state index is 12.3. The summed E-state index contributed by atoms with van der Waals surface area (Å²) < 4.78 is 0. The highest BCUT2D eigenvalue weighted by Gasteiger charge is 2.33. The Labute approximate surface area is 123 Å². The summed E-state index contributed by atoms with van der Waals surface area (Å²) in [6, 6.07) is 6.67. The number of carbonyl (C=O) groups excluding carboxylic acids is 2. The maximum Gasteiger partial charge on any atom is 0.249 e. The molecule has 1 aromatic carbocycles. The molecule has 1 aliphatic heterocycles. The molecule has 0 aliphatic carbocycles. The van der Waals surface area contributed by atoms with Crippen LogP contribution in [0.5, 0.6) is 0 Å². The summed E-state index contributed by atoms with van der Waals surface area (Å²) in [5.41, 5.74) is 6.16. The molecule has 1 fully saturated rings. The van der Waals surface area contributed by atoms with Crippen molar-refractivity contribution in [3.63, 3.8) is 0 Å². The van der Waals surface area contributed by atoms with Gasteiger partial charge in [-0.1, -0.05) is 11.6 Å². The fraction of sp³-hybridized carbons (Fsp3) is 0.429. The maximum absolute atomic E-state index is 12.3. The molecule has 2 rings (SSSR count). The minimum atomic E-state index is -0.434. The Morgan fingerprint density at radius 1 is 1.40 bits per heavy atom. The summed E-state index contributed by atoms with van der Waals surface area (Å²) in [4.78, 5) is 25.6. The number of benzene rings is 1. The van der Waals surface area contributed by atoms with Gasteiger partial charge in [-0.15, -0.1) is 0 Å². The van der Waals surface area contributed by atoms with E-state index < -0.39 is 6.04 Å². The molecule has 1 atom stereocenters. The van der Waals surface area contributed by atoms with Crippen molar-refractivity contribution in [3.05, 3.63) is 29.3 Å². The van der Waals surface area contributed by atoms with Gasteiger partial charge in [0.25, 0.3) is 0 Å². The third kappa shape index (κ3) is 3.49. The van der Waals surface area contributed by atoms with Gasteiger partial charge >= 0.3 is 0 Å². The minimum Gasteiger partial charge on any atom is -0.344 e. The van der Waals surface area contributed by atoms with E-state index in [0.717, 1.165) is 5.69 Å². The fourth-order valence-electron chi connectivity index (χ4n) is 2.22. The number of carbonyl (C=O) groups is 2. The largest absolute Gasteiger partial charge is 0.344 e. The van der Waals surface area contributed by atoms with Crippen LogP contribution >= 0.6 is 11.6 Å². The fourth-order valence-corrected chi connectivity index (χ4v) is 2.35. The number of hydrogen-bond donors (Lipinski definition) is 2. The van der Waals surface area contributed by atoms with E-state index in [0.29, 0.717) is 37.4 Å². The van der Waals surface area contributed by atoms with E-state index in [1.165, 1.54) is 0 Å². The summed E-state index contributed by atoms with van der Waals surface area (Å²) in [5, 5.41) is 3.39. The number of nitrogens with zero attached hydrogens (tertiary/aromatic N) is 1. The molecule has 3 N–H and O–H groups in total. The lowest BCUT2D eigenvalue weighted by molar-refractivity contribution is -0.126. The molecule has 0 radical (unpaired) electrons. The highest BCUT2D eigenvalue weighted by molar-refractivity contribution is 6.30. The molecular weight excluding hydrogens is 278 g/mol. The number of nitrogens with one attached hydrogen (secondary N) is 1. The van der Waals surface area contributed by atoms with Crippen molar-refractivity contribution in [2.75, 3.05) is 18.0 Å². The molecule has 5 nitrogen and oxygen atoms in total. The van der Waals surface area contributed by atoms with Gasteiger partial charge in [-0.25, -0.2) is 0 Å². The number of nitrogens with two attached hydrogens (primary N) is 1. The van der Waals surface area contributed by atoms with E-state index in [4.69, 9.17) is 17.3 Å². The number of hydrogen-bond acceptors (Lipinski definition) is 3. The van der Waals surface area contributed by atoms with E-state index in [1.807, 2.05) is 0 Å². The van der Waals surface area contributed by atoms with Crippen LogP contribution in [0.1, 0.15) is 19.3 Å². The normalized spacial score (nSPS) is 18.4. The second kappa shape index (κ2) is 6.72. The van der Waals surface area contributed by atoms with E-state index in [9.17, 15) is 9.59 Å². The smallest absolute Gasteiger partial charge is 0.249 e. The third-order valence-corrected chi connectivity index (χ3v) is 3.54. The topological polar surface area (TPSA) is 75.4 Å². The van der Waals surface area contributed by atoms with Crippen molar-refractivity contribution < 1.29 is 9.59 Å². The van der Waals surface area contributed by atoms with Crippen molar-refractivity contribution in [2.24, 2.45) is 5.73 Å². The molecule has 6 heteroatoms. The van der Waals surface area contributed by atoms with Crippen LogP contribution in [0.4, 0.5) is 5.69 Å². The lowest BCUT2D eigenvalue weighted by Crippen LogP contribution is -2.41. The lowest BCUT2D eigenvalue weighted by atomic mass is 10.2. The van der Waals surface area contributed by atoms with Crippen molar-refractivity contribution in [2.45, 2.75) is 25.3 Å². The molecule has 1 heterocycles. The summed E-state index contributed by atoms with van der Waals surface area (Å²) >= 11 is 5.83. The average Bonchev–Trinajstić information content (AvgIpc) is 2.79. The van der Waals surface area contributed by atoms with Crippen molar-refractivity contribution in [1.82, 2.24) is 5.32 Å². The Kier molecular flexibility index (Phi) is 4.98. The van der Waals surface area contributed by atoms with Gasteiger partial charge in [0.2, 0.25) is 11.8 Å². The molecule has 0 bridgehead atoms. The van der Waals surface area contributed by atoms with Crippen LogP contribution < -0.4 is 16.0 Å². The minimum absolute atomic E-state index is 0.0755. The van der Waals surface area contributed by atoms with Crippen LogP contribution in [-0.4, -0.2) is 30.9 Å². The predicted molar refractivity (Wildman–Crippen MR) is 78.6 cm³/mol. The molecule has 0 saturated carbocycles. The quantitative estimate of drug-likeness (QED) is 0.860. The number of halogens is 1. The Morgan fingerprint density at radius 3 is 2.75 bits per heavy atom. The first kappa shape index (κ1) is 14.8. The van der Waals surface area contributed by atoms with Gasteiger partial charge in [0, 0.05) is 23.7 Å². The summed E-state index contributed by atoms with van der Waals surface area (Å²) in [7, 11) is 0. The molecule has 20 heavy (non-hydrogen) atoms. The molecular formula is C14H18ClN3O2. The summed E-state index contributed by atoms with van der Waals surface area (Å²) in [6.45, 7) is 1.07.